The number of carboxylic acid groups (broad SMARTS) is 1. The van der Waals surface area contributed by atoms with Gasteiger partial charge in [0.25, 0.3) is 0 Å². The van der Waals surface area contributed by atoms with Gasteiger partial charge in [0.1, 0.15) is 18.8 Å². The highest BCUT2D eigenvalue weighted by Crippen LogP contribution is 2.13. The summed E-state index contributed by atoms with van der Waals surface area (Å²) in [6.45, 7) is 0.0653. The van der Waals surface area contributed by atoms with Gasteiger partial charge in [-0.05, 0) is 6.08 Å². The summed E-state index contributed by atoms with van der Waals surface area (Å²) in [7, 11) is 1.43. The Kier molecular flexibility index (Phi) is 2.67. The van der Waals surface area contributed by atoms with Gasteiger partial charge in [0.2, 0.25) is 5.76 Å². The predicted molar refractivity (Wildman–Crippen MR) is 38.5 cm³/mol. The molecule has 1 heterocycles. The molecular formula is C7H10O5. The van der Waals surface area contributed by atoms with Crippen molar-refractivity contribution in [3.05, 3.63) is 11.8 Å². The monoisotopic (exact) mass is 174 g/mol. The molecule has 0 aromatic heterocycles. The second kappa shape index (κ2) is 3.55. The lowest BCUT2D eigenvalue weighted by Crippen LogP contribution is -2.36. The number of carbonyl (C=O) groups is 1. The molecule has 1 rings (SSSR count). The SMILES string of the molecule is COC1COC(C(=O)O)=C[C@H]1O. The topological polar surface area (TPSA) is 76.0 Å². The van der Waals surface area contributed by atoms with Crippen molar-refractivity contribution >= 4 is 5.97 Å². The van der Waals surface area contributed by atoms with Gasteiger partial charge in [-0.3, -0.25) is 0 Å². The molecule has 5 nitrogen and oxygen atoms in total. The number of rotatable bonds is 2. The summed E-state index contributed by atoms with van der Waals surface area (Å²) in [4.78, 5) is 10.3. The van der Waals surface area contributed by atoms with Crippen molar-refractivity contribution in [2.75, 3.05) is 13.7 Å². The normalized spacial score (nSPS) is 29.0. The third-order valence-corrected chi connectivity index (χ3v) is 1.62. The van der Waals surface area contributed by atoms with Crippen LogP contribution < -0.4 is 0 Å². The number of hydrogen-bond acceptors (Lipinski definition) is 4. The van der Waals surface area contributed by atoms with Crippen molar-refractivity contribution in [3.63, 3.8) is 0 Å². The van der Waals surface area contributed by atoms with Gasteiger partial charge in [-0.25, -0.2) is 4.79 Å². The third kappa shape index (κ3) is 1.75. The third-order valence-electron chi connectivity index (χ3n) is 1.62. The second-order valence-electron chi connectivity index (χ2n) is 2.41. The number of aliphatic hydroxyl groups is 1. The van der Waals surface area contributed by atoms with Crippen LogP contribution in [-0.4, -0.2) is 42.1 Å². The lowest BCUT2D eigenvalue weighted by Gasteiger charge is -2.24. The fourth-order valence-electron chi connectivity index (χ4n) is 0.922. The molecule has 0 amide bonds. The van der Waals surface area contributed by atoms with Crippen molar-refractivity contribution in [2.24, 2.45) is 0 Å². The molecule has 12 heavy (non-hydrogen) atoms. The Labute approximate surface area is 69.2 Å². The fraction of sp³-hybridized carbons (Fsp3) is 0.571. The maximum Gasteiger partial charge on any atom is 0.370 e. The Bertz CT molecular complexity index is 210. The van der Waals surface area contributed by atoms with E-state index in [1.807, 2.05) is 0 Å². The minimum absolute atomic E-state index is 0.0653. The maximum absolute atomic E-state index is 10.3. The van der Waals surface area contributed by atoms with E-state index in [0.29, 0.717) is 0 Å². The average Bonchev–Trinajstić information content (AvgIpc) is 2.04. The van der Waals surface area contributed by atoms with Crippen molar-refractivity contribution in [2.45, 2.75) is 12.2 Å². The summed E-state index contributed by atoms with van der Waals surface area (Å²) in [5, 5.41) is 17.7. The number of carboxylic acids is 1. The van der Waals surface area contributed by atoms with Crippen LogP contribution in [0.4, 0.5) is 0 Å². The Morgan fingerprint density at radius 3 is 2.92 bits per heavy atom. The van der Waals surface area contributed by atoms with Gasteiger partial charge >= 0.3 is 5.97 Å². The number of aliphatic hydroxyl groups excluding tert-OH is 1. The fourth-order valence-corrected chi connectivity index (χ4v) is 0.922. The van der Waals surface area contributed by atoms with Crippen LogP contribution in [0, 0.1) is 0 Å². The molecule has 2 atom stereocenters. The molecule has 0 spiro atoms. The highest BCUT2D eigenvalue weighted by atomic mass is 16.6. The van der Waals surface area contributed by atoms with Crippen molar-refractivity contribution < 1.29 is 24.5 Å². The van der Waals surface area contributed by atoms with E-state index in [9.17, 15) is 9.90 Å². The molecule has 0 aliphatic carbocycles. The highest BCUT2D eigenvalue weighted by molar-refractivity contribution is 5.84. The summed E-state index contributed by atoms with van der Waals surface area (Å²) in [6, 6.07) is 0. The molecule has 0 radical (unpaired) electrons. The largest absolute Gasteiger partial charge is 0.484 e. The molecule has 0 fully saturated rings. The molecule has 1 unspecified atom stereocenters. The first-order valence-electron chi connectivity index (χ1n) is 3.44. The van der Waals surface area contributed by atoms with E-state index in [-0.39, 0.29) is 12.4 Å². The first-order chi connectivity index (χ1) is 5.65. The van der Waals surface area contributed by atoms with E-state index in [2.05, 4.69) is 0 Å². The van der Waals surface area contributed by atoms with Gasteiger partial charge in [0, 0.05) is 7.11 Å². The number of ether oxygens (including phenoxy) is 2. The first kappa shape index (κ1) is 9.02. The standard InChI is InChI=1S/C7H10O5/c1-11-6-3-12-5(7(9)10)2-4(6)8/h2,4,6,8H,3H2,1H3,(H,9,10)/t4-,6?/m1/s1. The van der Waals surface area contributed by atoms with Crippen LogP contribution in [0.2, 0.25) is 0 Å². The molecule has 0 aromatic carbocycles. The van der Waals surface area contributed by atoms with Crippen LogP contribution in [0.15, 0.2) is 11.8 Å². The molecule has 1 aliphatic rings. The zero-order valence-electron chi connectivity index (χ0n) is 6.56. The zero-order chi connectivity index (χ0) is 9.14. The average molecular weight is 174 g/mol. The smallest absolute Gasteiger partial charge is 0.370 e. The van der Waals surface area contributed by atoms with Crippen molar-refractivity contribution in [3.8, 4) is 0 Å². The summed E-state index contributed by atoms with van der Waals surface area (Å²) in [5.74, 6) is -1.40. The van der Waals surface area contributed by atoms with Gasteiger partial charge in [-0.2, -0.15) is 0 Å². The summed E-state index contributed by atoms with van der Waals surface area (Å²) in [6.07, 6.45) is -0.261. The van der Waals surface area contributed by atoms with E-state index in [1.54, 1.807) is 0 Å². The molecule has 0 bridgehead atoms. The molecule has 0 aromatic rings. The van der Waals surface area contributed by atoms with Gasteiger partial charge in [0.15, 0.2) is 0 Å². The lowest BCUT2D eigenvalue weighted by atomic mass is 10.1. The maximum atomic E-state index is 10.3. The molecule has 2 N–H and O–H groups in total. The van der Waals surface area contributed by atoms with E-state index < -0.39 is 18.2 Å². The number of aliphatic carboxylic acids is 1. The summed E-state index contributed by atoms with van der Waals surface area (Å²) < 4.78 is 9.61. The minimum atomic E-state index is -1.18. The van der Waals surface area contributed by atoms with E-state index in [1.165, 1.54) is 7.11 Å². The Morgan fingerprint density at radius 2 is 2.50 bits per heavy atom. The Balaban J connectivity index is 2.67. The number of methoxy groups -OCH3 is 1. The van der Waals surface area contributed by atoms with E-state index >= 15 is 0 Å². The van der Waals surface area contributed by atoms with Crippen molar-refractivity contribution in [1.29, 1.82) is 0 Å². The van der Waals surface area contributed by atoms with Crippen LogP contribution in [-0.2, 0) is 14.3 Å². The van der Waals surface area contributed by atoms with Crippen LogP contribution in [0.25, 0.3) is 0 Å². The molecule has 5 heteroatoms. The highest BCUT2D eigenvalue weighted by Gasteiger charge is 2.26. The van der Waals surface area contributed by atoms with Gasteiger partial charge < -0.3 is 19.7 Å². The van der Waals surface area contributed by atoms with E-state index in [0.717, 1.165) is 6.08 Å². The van der Waals surface area contributed by atoms with Crippen LogP contribution >= 0.6 is 0 Å². The van der Waals surface area contributed by atoms with Crippen LogP contribution in [0.3, 0.4) is 0 Å². The van der Waals surface area contributed by atoms with Crippen molar-refractivity contribution in [1.82, 2.24) is 0 Å². The minimum Gasteiger partial charge on any atom is -0.484 e. The Morgan fingerprint density at radius 1 is 1.83 bits per heavy atom. The molecular weight excluding hydrogens is 164 g/mol. The van der Waals surface area contributed by atoms with Crippen LogP contribution in [0.1, 0.15) is 0 Å². The first-order valence-corrected chi connectivity index (χ1v) is 3.44. The molecule has 1 aliphatic heterocycles. The van der Waals surface area contributed by atoms with Crippen LogP contribution in [0.5, 0.6) is 0 Å². The quantitative estimate of drug-likeness (QED) is 0.582. The van der Waals surface area contributed by atoms with E-state index in [4.69, 9.17) is 14.6 Å². The van der Waals surface area contributed by atoms with Gasteiger partial charge in [-0.1, -0.05) is 0 Å². The van der Waals surface area contributed by atoms with Gasteiger partial charge in [-0.15, -0.1) is 0 Å². The lowest BCUT2D eigenvalue weighted by molar-refractivity contribution is -0.139. The molecule has 0 saturated carbocycles. The molecule has 0 saturated heterocycles. The molecule has 68 valence electrons. The Hall–Kier alpha value is -1.07. The number of hydrogen-bond donors (Lipinski definition) is 2. The second-order valence-corrected chi connectivity index (χ2v) is 2.41. The summed E-state index contributed by atoms with van der Waals surface area (Å²) in [5.41, 5.74) is 0. The summed E-state index contributed by atoms with van der Waals surface area (Å²) >= 11 is 0. The zero-order valence-corrected chi connectivity index (χ0v) is 6.56. The van der Waals surface area contributed by atoms with Gasteiger partial charge in [0.05, 0.1) is 0 Å². The predicted octanol–water partition coefficient (Wildman–Crippen LogP) is -0.639.